The molecule has 1 aromatic carbocycles. The Morgan fingerprint density at radius 1 is 1.15 bits per heavy atom. The number of ether oxygens (including phenoxy) is 1. The number of nitriles is 1. The fraction of sp³-hybridized carbons (Fsp3) is 0.250. The van der Waals surface area contributed by atoms with Crippen LogP contribution in [0, 0.1) is 11.3 Å². The van der Waals surface area contributed by atoms with E-state index in [2.05, 4.69) is 25.8 Å². The molecule has 20 heavy (non-hydrogen) atoms. The number of pyridine rings is 1. The Bertz CT molecular complexity index is 666. The molecule has 0 radical (unpaired) electrons. The average Bonchev–Trinajstić information content (AvgIpc) is 2.40. The van der Waals surface area contributed by atoms with Crippen molar-refractivity contribution in [2.24, 2.45) is 0 Å². The van der Waals surface area contributed by atoms with Crippen molar-refractivity contribution in [2.45, 2.75) is 26.2 Å². The van der Waals surface area contributed by atoms with Crippen LogP contribution in [0.1, 0.15) is 32.0 Å². The molecule has 4 heteroatoms. The van der Waals surface area contributed by atoms with E-state index in [9.17, 15) is 0 Å². The lowest BCUT2D eigenvalue weighted by atomic mass is 9.86. The third-order valence-electron chi connectivity index (χ3n) is 2.92. The van der Waals surface area contributed by atoms with Gasteiger partial charge in [0.25, 0.3) is 0 Å². The summed E-state index contributed by atoms with van der Waals surface area (Å²) in [6.07, 6.45) is 0. The summed E-state index contributed by atoms with van der Waals surface area (Å²) >= 11 is 0. The van der Waals surface area contributed by atoms with E-state index < -0.39 is 0 Å². The normalized spacial score (nSPS) is 10.9. The van der Waals surface area contributed by atoms with E-state index in [1.165, 1.54) is 0 Å². The van der Waals surface area contributed by atoms with Crippen molar-refractivity contribution in [3.63, 3.8) is 0 Å². The molecule has 0 spiro atoms. The quantitative estimate of drug-likeness (QED) is 0.901. The molecule has 0 aliphatic heterocycles. The average molecular weight is 267 g/mol. The molecule has 2 aromatic rings. The van der Waals surface area contributed by atoms with E-state index in [1.54, 1.807) is 12.1 Å². The molecule has 1 aromatic heterocycles. The van der Waals surface area contributed by atoms with Crippen LogP contribution in [0.4, 0.5) is 5.69 Å². The molecule has 0 aliphatic carbocycles. The van der Waals surface area contributed by atoms with Crippen LogP contribution >= 0.6 is 0 Å². The van der Waals surface area contributed by atoms with Crippen molar-refractivity contribution in [3.05, 3.63) is 47.7 Å². The third kappa shape index (κ3) is 2.89. The Morgan fingerprint density at radius 2 is 1.85 bits per heavy atom. The van der Waals surface area contributed by atoms with Gasteiger partial charge in [-0.15, -0.1) is 0 Å². The number of benzene rings is 1. The third-order valence-corrected chi connectivity index (χ3v) is 2.92. The summed E-state index contributed by atoms with van der Waals surface area (Å²) in [6, 6.07) is 13.0. The second kappa shape index (κ2) is 5.22. The number of nitrogens with two attached hydrogens (primary N) is 1. The van der Waals surface area contributed by atoms with Crippen LogP contribution < -0.4 is 10.5 Å². The number of hydrogen-bond donors (Lipinski definition) is 1. The molecule has 0 fully saturated rings. The van der Waals surface area contributed by atoms with Gasteiger partial charge in [0, 0.05) is 11.6 Å². The minimum atomic E-state index is -0.0392. The summed E-state index contributed by atoms with van der Waals surface area (Å²) in [7, 11) is 0. The zero-order valence-corrected chi connectivity index (χ0v) is 11.8. The molecule has 0 atom stereocenters. The first kappa shape index (κ1) is 13.9. The van der Waals surface area contributed by atoms with Gasteiger partial charge in [0.1, 0.15) is 11.8 Å². The van der Waals surface area contributed by atoms with Gasteiger partial charge in [0.2, 0.25) is 5.88 Å². The second-order valence-corrected chi connectivity index (χ2v) is 5.55. The smallest absolute Gasteiger partial charge is 0.220 e. The van der Waals surface area contributed by atoms with E-state index in [0.717, 1.165) is 11.3 Å². The zero-order chi connectivity index (χ0) is 14.8. The van der Waals surface area contributed by atoms with Gasteiger partial charge in [-0.25, -0.2) is 4.98 Å². The maximum Gasteiger partial charge on any atom is 0.220 e. The Balaban J connectivity index is 2.39. The lowest BCUT2D eigenvalue weighted by Gasteiger charge is -2.22. The second-order valence-electron chi connectivity index (χ2n) is 5.55. The highest BCUT2D eigenvalue weighted by Gasteiger charge is 2.19. The summed E-state index contributed by atoms with van der Waals surface area (Å²) in [6.45, 7) is 6.35. The molecule has 1 heterocycles. The van der Waals surface area contributed by atoms with Crippen LogP contribution in [0.3, 0.4) is 0 Å². The topological polar surface area (TPSA) is 71.9 Å². The number of anilines is 1. The molecule has 0 saturated heterocycles. The van der Waals surface area contributed by atoms with Crippen molar-refractivity contribution < 1.29 is 4.74 Å². The van der Waals surface area contributed by atoms with Crippen molar-refractivity contribution >= 4 is 5.69 Å². The van der Waals surface area contributed by atoms with Crippen molar-refractivity contribution in [1.82, 2.24) is 4.98 Å². The fourth-order valence-corrected chi connectivity index (χ4v) is 1.89. The number of nitrogen functional groups attached to an aromatic ring is 1. The molecule has 0 bridgehead atoms. The minimum absolute atomic E-state index is 0.0392. The van der Waals surface area contributed by atoms with Crippen LogP contribution in [0.2, 0.25) is 0 Å². The highest BCUT2D eigenvalue weighted by molar-refractivity contribution is 5.51. The van der Waals surface area contributed by atoms with Gasteiger partial charge in [0.15, 0.2) is 5.69 Å². The molecular weight excluding hydrogens is 250 g/mol. The van der Waals surface area contributed by atoms with Crippen LogP contribution in [0.25, 0.3) is 0 Å². The Morgan fingerprint density at radius 3 is 2.50 bits per heavy atom. The molecule has 0 amide bonds. The number of nitrogens with zero attached hydrogens (tertiary/aromatic N) is 2. The van der Waals surface area contributed by atoms with Crippen LogP contribution in [-0.4, -0.2) is 4.98 Å². The minimum Gasteiger partial charge on any atom is -0.439 e. The Kier molecular flexibility index (Phi) is 3.62. The number of rotatable bonds is 2. The molecular formula is C16H17N3O. The predicted molar refractivity (Wildman–Crippen MR) is 78.6 cm³/mol. The SMILES string of the molecule is CC(C)(C)c1ccccc1Oc1ccc(N)c(C#N)n1. The highest BCUT2D eigenvalue weighted by atomic mass is 16.5. The van der Waals surface area contributed by atoms with Crippen LogP contribution in [-0.2, 0) is 5.41 Å². The number of para-hydroxylation sites is 1. The summed E-state index contributed by atoms with van der Waals surface area (Å²) < 4.78 is 5.82. The summed E-state index contributed by atoms with van der Waals surface area (Å²) in [4.78, 5) is 4.10. The Hall–Kier alpha value is -2.54. The van der Waals surface area contributed by atoms with E-state index in [-0.39, 0.29) is 11.1 Å². The van der Waals surface area contributed by atoms with Gasteiger partial charge >= 0.3 is 0 Å². The van der Waals surface area contributed by atoms with Gasteiger partial charge < -0.3 is 10.5 Å². The largest absolute Gasteiger partial charge is 0.439 e. The summed E-state index contributed by atoms with van der Waals surface area (Å²) in [5, 5.41) is 8.94. The van der Waals surface area contributed by atoms with Crippen LogP contribution in [0.5, 0.6) is 11.6 Å². The molecule has 2 rings (SSSR count). The Labute approximate surface area is 118 Å². The monoisotopic (exact) mass is 267 g/mol. The molecule has 0 saturated carbocycles. The number of aromatic nitrogens is 1. The van der Waals surface area contributed by atoms with Crippen molar-refractivity contribution in [3.8, 4) is 17.7 Å². The summed E-state index contributed by atoms with van der Waals surface area (Å²) in [5.41, 5.74) is 7.22. The van der Waals surface area contributed by atoms with Gasteiger partial charge in [0.05, 0.1) is 5.69 Å². The fourth-order valence-electron chi connectivity index (χ4n) is 1.89. The molecule has 0 unspecified atom stereocenters. The van der Waals surface area contributed by atoms with Gasteiger partial charge in [-0.2, -0.15) is 5.26 Å². The van der Waals surface area contributed by atoms with Crippen molar-refractivity contribution in [2.75, 3.05) is 5.73 Å². The van der Waals surface area contributed by atoms with E-state index in [4.69, 9.17) is 15.7 Å². The molecule has 2 N–H and O–H groups in total. The standard InChI is InChI=1S/C16H17N3O/c1-16(2,3)11-6-4-5-7-14(11)20-15-9-8-12(18)13(10-17)19-15/h4-9H,18H2,1-3H3. The zero-order valence-electron chi connectivity index (χ0n) is 11.8. The van der Waals surface area contributed by atoms with Crippen LogP contribution in [0.15, 0.2) is 36.4 Å². The van der Waals surface area contributed by atoms with Gasteiger partial charge in [-0.05, 0) is 17.5 Å². The number of hydrogen-bond acceptors (Lipinski definition) is 4. The first-order chi connectivity index (χ1) is 9.41. The van der Waals surface area contributed by atoms with Crippen molar-refractivity contribution in [1.29, 1.82) is 5.26 Å². The van der Waals surface area contributed by atoms with Gasteiger partial charge in [-0.3, -0.25) is 0 Å². The maximum absolute atomic E-state index is 8.94. The van der Waals surface area contributed by atoms with E-state index in [0.29, 0.717) is 11.6 Å². The highest BCUT2D eigenvalue weighted by Crippen LogP contribution is 2.33. The molecule has 102 valence electrons. The first-order valence-corrected chi connectivity index (χ1v) is 6.36. The lowest BCUT2D eigenvalue weighted by molar-refractivity contribution is 0.439. The molecule has 4 nitrogen and oxygen atoms in total. The van der Waals surface area contributed by atoms with Gasteiger partial charge in [-0.1, -0.05) is 39.0 Å². The lowest BCUT2D eigenvalue weighted by Crippen LogP contribution is -2.12. The first-order valence-electron chi connectivity index (χ1n) is 6.36. The van der Waals surface area contributed by atoms with E-state index >= 15 is 0 Å². The molecule has 0 aliphatic rings. The summed E-state index contributed by atoms with van der Waals surface area (Å²) in [5.74, 6) is 1.11. The predicted octanol–water partition coefficient (Wildman–Crippen LogP) is 3.63. The van der Waals surface area contributed by atoms with E-state index in [1.807, 2.05) is 30.3 Å². The maximum atomic E-state index is 8.94.